The van der Waals surface area contributed by atoms with Gasteiger partial charge in [-0.1, -0.05) is 23.9 Å². The Morgan fingerprint density at radius 3 is 2.75 bits per heavy atom. The number of aliphatic hydroxyl groups is 1. The molecule has 7 nitrogen and oxygen atoms in total. The molecule has 0 aliphatic heterocycles. The minimum absolute atomic E-state index is 0.0188. The number of aliphatic hydroxyl groups excluding tert-OH is 1. The van der Waals surface area contributed by atoms with Crippen molar-refractivity contribution in [2.45, 2.75) is 11.7 Å². The molecule has 3 rings (SSSR count). The van der Waals surface area contributed by atoms with Gasteiger partial charge in [0.2, 0.25) is 11.7 Å². The molecule has 0 bridgehead atoms. The van der Waals surface area contributed by atoms with Crippen LogP contribution in [-0.2, 0) is 11.3 Å². The van der Waals surface area contributed by atoms with Gasteiger partial charge in [0.25, 0.3) is 0 Å². The molecule has 0 aliphatic rings. The van der Waals surface area contributed by atoms with Crippen LogP contribution in [0.25, 0.3) is 16.8 Å². The van der Waals surface area contributed by atoms with E-state index in [1.165, 1.54) is 11.8 Å². The fourth-order valence-electron chi connectivity index (χ4n) is 2.19. The summed E-state index contributed by atoms with van der Waals surface area (Å²) >= 11 is 1.25. The molecule has 0 saturated heterocycles. The first-order chi connectivity index (χ1) is 9.72. The number of hydrogen-bond acceptors (Lipinski definition) is 5. The van der Waals surface area contributed by atoms with Crippen LogP contribution in [0.3, 0.4) is 0 Å². The highest BCUT2D eigenvalue weighted by atomic mass is 32.2. The molecule has 104 valence electrons. The van der Waals surface area contributed by atoms with Crippen LogP contribution in [0.4, 0.5) is 0 Å². The summed E-state index contributed by atoms with van der Waals surface area (Å²) in [6.45, 7) is 0.459. The molecule has 20 heavy (non-hydrogen) atoms. The summed E-state index contributed by atoms with van der Waals surface area (Å²) in [6, 6.07) is 7.77. The maximum absolute atomic E-state index is 10.9. The zero-order valence-corrected chi connectivity index (χ0v) is 11.4. The molecule has 8 heteroatoms. The highest BCUT2D eigenvalue weighted by Crippen LogP contribution is 2.25. The molecule has 2 heterocycles. The SMILES string of the molecule is NC(=O)CSc1nnc2n(CCO)c3ccccc3n12. The number of thioether (sulfide) groups is 1. The summed E-state index contributed by atoms with van der Waals surface area (Å²) < 4.78 is 3.77. The maximum atomic E-state index is 10.9. The van der Waals surface area contributed by atoms with Gasteiger partial charge < -0.3 is 15.4 Å². The molecule has 0 fully saturated rings. The third kappa shape index (κ3) is 2.02. The molecule has 1 aromatic carbocycles. The first kappa shape index (κ1) is 12.9. The van der Waals surface area contributed by atoms with E-state index in [1.807, 2.05) is 33.2 Å². The van der Waals surface area contributed by atoms with Crippen molar-refractivity contribution in [3.05, 3.63) is 24.3 Å². The number of nitrogens with zero attached hydrogens (tertiary/aromatic N) is 4. The van der Waals surface area contributed by atoms with Crippen molar-refractivity contribution in [1.29, 1.82) is 0 Å². The standard InChI is InChI=1S/C12H13N5O2S/c13-10(19)7-20-12-15-14-11-16(5-6-18)8-3-1-2-4-9(8)17(11)12/h1-4,18H,5-7H2,(H2,13,19). The van der Waals surface area contributed by atoms with Crippen LogP contribution >= 0.6 is 11.8 Å². The Hall–Kier alpha value is -2.06. The highest BCUT2D eigenvalue weighted by molar-refractivity contribution is 7.99. The molecule has 0 radical (unpaired) electrons. The number of fused-ring (bicyclic) bond motifs is 3. The van der Waals surface area contributed by atoms with E-state index in [-0.39, 0.29) is 12.4 Å². The van der Waals surface area contributed by atoms with Gasteiger partial charge in [-0.25, -0.2) is 0 Å². The Labute approximate surface area is 118 Å². The number of rotatable bonds is 5. The lowest BCUT2D eigenvalue weighted by Crippen LogP contribution is -2.13. The number of imidazole rings is 1. The Bertz CT molecular complexity index is 779. The van der Waals surface area contributed by atoms with Crippen molar-refractivity contribution in [2.75, 3.05) is 12.4 Å². The predicted molar refractivity (Wildman–Crippen MR) is 75.5 cm³/mol. The average Bonchev–Trinajstić information content (AvgIpc) is 2.97. The number of amides is 1. The van der Waals surface area contributed by atoms with Crippen molar-refractivity contribution in [3.63, 3.8) is 0 Å². The molecule has 2 aromatic heterocycles. The molecule has 0 saturated carbocycles. The van der Waals surface area contributed by atoms with Crippen LogP contribution < -0.4 is 5.73 Å². The maximum Gasteiger partial charge on any atom is 0.237 e. The summed E-state index contributed by atoms with van der Waals surface area (Å²) in [5.41, 5.74) is 7.07. The number of primary amides is 1. The Morgan fingerprint density at radius 2 is 2.05 bits per heavy atom. The third-order valence-electron chi connectivity index (χ3n) is 2.94. The van der Waals surface area contributed by atoms with Gasteiger partial charge in [0.05, 0.1) is 23.4 Å². The summed E-state index contributed by atoms with van der Waals surface area (Å²) in [5.74, 6) is 0.401. The molecule has 3 N–H and O–H groups in total. The Morgan fingerprint density at radius 1 is 1.30 bits per heavy atom. The van der Waals surface area contributed by atoms with Gasteiger partial charge in [-0.15, -0.1) is 10.2 Å². The number of carbonyl (C=O) groups excluding carboxylic acids is 1. The molecule has 0 unspecified atom stereocenters. The van der Waals surface area contributed by atoms with E-state index < -0.39 is 5.91 Å². The first-order valence-corrected chi connectivity index (χ1v) is 7.05. The Balaban J connectivity index is 2.20. The molecule has 0 spiro atoms. The largest absolute Gasteiger partial charge is 0.395 e. The monoisotopic (exact) mass is 291 g/mol. The van der Waals surface area contributed by atoms with Gasteiger partial charge in [-0.05, 0) is 12.1 Å². The lowest BCUT2D eigenvalue weighted by atomic mass is 10.3. The minimum Gasteiger partial charge on any atom is -0.395 e. The zero-order chi connectivity index (χ0) is 14.1. The number of para-hydroxylation sites is 2. The van der Waals surface area contributed by atoms with Crippen molar-refractivity contribution in [2.24, 2.45) is 5.73 Å². The fourth-order valence-corrected chi connectivity index (χ4v) is 2.87. The van der Waals surface area contributed by atoms with Crippen LogP contribution in [0.5, 0.6) is 0 Å². The summed E-state index contributed by atoms with van der Waals surface area (Å²) in [7, 11) is 0. The normalized spacial score (nSPS) is 11.4. The van der Waals surface area contributed by atoms with E-state index in [4.69, 9.17) is 5.73 Å². The van der Waals surface area contributed by atoms with Gasteiger partial charge in [0.1, 0.15) is 0 Å². The Kier molecular flexibility index (Phi) is 3.33. The van der Waals surface area contributed by atoms with Gasteiger partial charge in [-0.3, -0.25) is 9.20 Å². The second-order valence-electron chi connectivity index (χ2n) is 4.24. The second kappa shape index (κ2) is 5.14. The highest BCUT2D eigenvalue weighted by Gasteiger charge is 2.16. The lowest BCUT2D eigenvalue weighted by Gasteiger charge is -2.00. The summed E-state index contributed by atoms with van der Waals surface area (Å²) in [6.07, 6.45) is 0. The molecule has 0 aliphatic carbocycles. The molecule has 1 amide bonds. The lowest BCUT2D eigenvalue weighted by molar-refractivity contribution is -0.115. The van der Waals surface area contributed by atoms with E-state index in [0.717, 1.165) is 11.0 Å². The fraction of sp³-hybridized carbons (Fsp3) is 0.250. The van der Waals surface area contributed by atoms with Gasteiger partial charge in [0.15, 0.2) is 5.16 Å². The van der Waals surface area contributed by atoms with Gasteiger partial charge in [0, 0.05) is 6.54 Å². The topological polar surface area (TPSA) is 98.4 Å². The van der Waals surface area contributed by atoms with E-state index in [9.17, 15) is 9.90 Å². The quantitative estimate of drug-likeness (QED) is 0.657. The summed E-state index contributed by atoms with van der Waals surface area (Å²) in [5, 5.41) is 18.0. The number of hydrogen-bond donors (Lipinski definition) is 2. The van der Waals surface area contributed by atoms with Crippen molar-refractivity contribution < 1.29 is 9.90 Å². The molecule has 3 aromatic rings. The van der Waals surface area contributed by atoms with Crippen molar-refractivity contribution >= 4 is 34.5 Å². The van der Waals surface area contributed by atoms with Crippen LogP contribution in [0, 0.1) is 0 Å². The van der Waals surface area contributed by atoms with Crippen LogP contribution in [-0.4, -0.2) is 42.5 Å². The zero-order valence-electron chi connectivity index (χ0n) is 10.6. The number of nitrogens with two attached hydrogens (primary N) is 1. The molecular weight excluding hydrogens is 278 g/mol. The summed E-state index contributed by atoms with van der Waals surface area (Å²) in [4.78, 5) is 10.9. The van der Waals surface area contributed by atoms with Crippen LogP contribution in [0.15, 0.2) is 29.4 Å². The van der Waals surface area contributed by atoms with E-state index in [2.05, 4.69) is 10.2 Å². The third-order valence-corrected chi connectivity index (χ3v) is 3.89. The molecular formula is C12H13N5O2S. The number of aromatic nitrogens is 4. The molecule has 0 atom stereocenters. The van der Waals surface area contributed by atoms with E-state index in [0.29, 0.717) is 17.5 Å². The van der Waals surface area contributed by atoms with Crippen molar-refractivity contribution in [3.8, 4) is 0 Å². The van der Waals surface area contributed by atoms with Crippen LogP contribution in [0.2, 0.25) is 0 Å². The van der Waals surface area contributed by atoms with Crippen molar-refractivity contribution in [1.82, 2.24) is 19.2 Å². The first-order valence-electron chi connectivity index (χ1n) is 6.06. The van der Waals surface area contributed by atoms with E-state index >= 15 is 0 Å². The van der Waals surface area contributed by atoms with Crippen LogP contribution in [0.1, 0.15) is 0 Å². The average molecular weight is 291 g/mol. The van der Waals surface area contributed by atoms with Gasteiger partial charge in [-0.2, -0.15) is 0 Å². The number of benzene rings is 1. The number of carbonyl (C=O) groups is 1. The smallest absolute Gasteiger partial charge is 0.237 e. The van der Waals surface area contributed by atoms with E-state index in [1.54, 1.807) is 0 Å². The minimum atomic E-state index is -0.397. The second-order valence-corrected chi connectivity index (χ2v) is 5.18. The predicted octanol–water partition coefficient (Wildman–Crippen LogP) is 0.254. The van der Waals surface area contributed by atoms with Gasteiger partial charge >= 0.3 is 0 Å².